The summed E-state index contributed by atoms with van der Waals surface area (Å²) in [5.74, 6) is 0.666. The highest BCUT2D eigenvalue weighted by Crippen LogP contribution is 2.21. The summed E-state index contributed by atoms with van der Waals surface area (Å²) in [6.45, 7) is 2.03. The number of rotatable bonds is 7. The van der Waals surface area contributed by atoms with Crippen molar-refractivity contribution in [3.63, 3.8) is 0 Å². The van der Waals surface area contributed by atoms with Crippen LogP contribution in [0.1, 0.15) is 18.9 Å². The van der Waals surface area contributed by atoms with Crippen LogP contribution < -0.4 is 10.3 Å². The average molecular weight is 375 g/mol. The summed E-state index contributed by atoms with van der Waals surface area (Å²) >= 11 is 0. The largest absolute Gasteiger partial charge is 0.394 e. The Bertz CT molecular complexity index is 1010. The SMILES string of the molecule is CCC(CO)Nc1ccc2[nH+]cc(-c3cccc(CS(C)(=O)=O)c3)n2n1. The molecule has 0 saturated heterocycles. The summed E-state index contributed by atoms with van der Waals surface area (Å²) in [6.07, 6.45) is 3.86. The van der Waals surface area contributed by atoms with Gasteiger partial charge in [0.2, 0.25) is 5.69 Å². The summed E-state index contributed by atoms with van der Waals surface area (Å²) in [4.78, 5) is 3.17. The molecule has 3 rings (SSSR count). The van der Waals surface area contributed by atoms with E-state index in [9.17, 15) is 13.5 Å². The Balaban J connectivity index is 1.99. The van der Waals surface area contributed by atoms with Crippen LogP contribution in [-0.2, 0) is 15.6 Å². The van der Waals surface area contributed by atoms with Gasteiger partial charge in [0.1, 0.15) is 6.20 Å². The summed E-state index contributed by atoms with van der Waals surface area (Å²) in [5, 5.41) is 17.2. The van der Waals surface area contributed by atoms with Gasteiger partial charge in [-0.3, -0.25) is 0 Å². The molecule has 3 aromatic rings. The van der Waals surface area contributed by atoms with E-state index in [-0.39, 0.29) is 18.4 Å². The third-order valence-electron chi connectivity index (χ3n) is 4.14. The number of aliphatic hydroxyl groups is 1. The highest BCUT2D eigenvalue weighted by Gasteiger charge is 2.17. The summed E-state index contributed by atoms with van der Waals surface area (Å²) in [7, 11) is -3.10. The van der Waals surface area contributed by atoms with Crippen molar-refractivity contribution in [3.05, 3.63) is 48.2 Å². The molecule has 7 nitrogen and oxygen atoms in total. The Morgan fingerprint density at radius 1 is 1.31 bits per heavy atom. The van der Waals surface area contributed by atoms with Gasteiger partial charge in [-0.15, -0.1) is 0 Å². The average Bonchev–Trinajstić information content (AvgIpc) is 3.01. The van der Waals surface area contributed by atoms with Crippen LogP contribution in [0.15, 0.2) is 42.6 Å². The molecule has 26 heavy (non-hydrogen) atoms. The van der Waals surface area contributed by atoms with Gasteiger partial charge in [0.25, 0.3) is 0 Å². The van der Waals surface area contributed by atoms with Crippen LogP contribution in [-0.4, -0.2) is 42.0 Å². The molecule has 0 aliphatic heterocycles. The molecule has 0 spiro atoms. The first kappa shape index (κ1) is 18.3. The molecule has 0 radical (unpaired) electrons. The van der Waals surface area contributed by atoms with Gasteiger partial charge in [-0.2, -0.15) is 0 Å². The van der Waals surface area contributed by atoms with Crippen molar-refractivity contribution in [2.24, 2.45) is 0 Å². The lowest BCUT2D eigenvalue weighted by molar-refractivity contribution is -0.343. The lowest BCUT2D eigenvalue weighted by Gasteiger charge is -2.13. The lowest BCUT2D eigenvalue weighted by Crippen LogP contribution is -2.23. The monoisotopic (exact) mass is 375 g/mol. The standard InChI is InChI=1S/C18H22N4O3S/c1-3-15(11-23)20-17-7-8-18-19-10-16(22(18)21-17)14-6-4-5-13(9-14)12-26(2,24)25/h4-10,15,23H,3,11-12H2,1-2H3,(H,20,21)/p+1. The Labute approximate surface area is 152 Å². The molecule has 1 atom stereocenters. The topological polar surface area (TPSA) is 97.8 Å². The first-order valence-corrected chi connectivity index (χ1v) is 10.5. The van der Waals surface area contributed by atoms with Gasteiger partial charge in [-0.25, -0.2) is 13.4 Å². The fourth-order valence-corrected chi connectivity index (χ4v) is 3.60. The van der Waals surface area contributed by atoms with Crippen LogP contribution in [0, 0.1) is 0 Å². The molecule has 2 aromatic heterocycles. The van der Waals surface area contributed by atoms with Gasteiger partial charge in [-0.1, -0.05) is 34.7 Å². The van der Waals surface area contributed by atoms with Crippen molar-refractivity contribution < 1.29 is 18.5 Å². The highest BCUT2D eigenvalue weighted by molar-refractivity contribution is 7.89. The Morgan fingerprint density at radius 3 is 2.81 bits per heavy atom. The maximum Gasteiger partial charge on any atom is 0.305 e. The third kappa shape index (κ3) is 4.20. The van der Waals surface area contributed by atoms with E-state index in [1.807, 2.05) is 43.5 Å². The van der Waals surface area contributed by atoms with E-state index in [4.69, 9.17) is 0 Å². The molecule has 8 heteroatoms. The normalized spacial score (nSPS) is 13.0. The predicted molar refractivity (Wildman–Crippen MR) is 101 cm³/mol. The minimum absolute atomic E-state index is 0.00275. The molecule has 0 saturated carbocycles. The number of hydrogen-bond acceptors (Lipinski definition) is 5. The first-order chi connectivity index (χ1) is 12.4. The number of aromatic amines is 1. The van der Waals surface area contributed by atoms with Crippen LogP contribution >= 0.6 is 0 Å². The van der Waals surface area contributed by atoms with Gasteiger partial charge in [-0.05, 0) is 24.1 Å². The van der Waals surface area contributed by atoms with Crippen LogP contribution in [0.2, 0.25) is 0 Å². The number of nitrogens with one attached hydrogen (secondary N) is 2. The van der Waals surface area contributed by atoms with E-state index in [1.165, 1.54) is 6.26 Å². The Morgan fingerprint density at radius 2 is 2.12 bits per heavy atom. The molecule has 0 amide bonds. The van der Waals surface area contributed by atoms with E-state index in [2.05, 4.69) is 15.4 Å². The quantitative estimate of drug-likeness (QED) is 0.653. The molecular weight excluding hydrogens is 352 g/mol. The van der Waals surface area contributed by atoms with Gasteiger partial charge in [0.05, 0.1) is 18.4 Å². The van der Waals surface area contributed by atoms with Gasteiger partial charge in [0, 0.05) is 17.9 Å². The zero-order valence-corrected chi connectivity index (χ0v) is 15.6. The van der Waals surface area contributed by atoms with Crippen LogP contribution in [0.4, 0.5) is 5.82 Å². The number of fused-ring (bicyclic) bond motifs is 1. The number of hydrogen-bond donors (Lipinski definition) is 2. The van der Waals surface area contributed by atoms with E-state index in [0.717, 1.165) is 28.9 Å². The maximum absolute atomic E-state index is 11.6. The molecule has 0 bridgehead atoms. The number of aromatic nitrogens is 3. The third-order valence-corrected chi connectivity index (χ3v) is 4.99. The second kappa shape index (κ2) is 7.43. The van der Waals surface area contributed by atoms with Gasteiger partial charge >= 0.3 is 5.65 Å². The molecular formula is C18H23N4O3S+. The zero-order valence-electron chi connectivity index (χ0n) is 14.8. The van der Waals surface area contributed by atoms with E-state index >= 15 is 0 Å². The minimum Gasteiger partial charge on any atom is -0.394 e. The Hall–Kier alpha value is -2.45. The van der Waals surface area contributed by atoms with Crippen molar-refractivity contribution >= 4 is 21.3 Å². The van der Waals surface area contributed by atoms with Crippen LogP contribution in [0.3, 0.4) is 0 Å². The second-order valence-corrected chi connectivity index (χ2v) is 8.53. The lowest BCUT2D eigenvalue weighted by atomic mass is 10.1. The highest BCUT2D eigenvalue weighted by atomic mass is 32.2. The van der Waals surface area contributed by atoms with E-state index < -0.39 is 9.84 Å². The number of aliphatic hydroxyl groups excluding tert-OH is 1. The molecule has 2 heterocycles. The number of imidazole rings is 1. The second-order valence-electron chi connectivity index (χ2n) is 6.39. The molecule has 0 aliphatic carbocycles. The number of sulfone groups is 1. The summed E-state index contributed by atoms with van der Waals surface area (Å²) < 4.78 is 24.9. The molecule has 0 fully saturated rings. The molecule has 1 aromatic carbocycles. The molecule has 1 unspecified atom stereocenters. The van der Waals surface area contributed by atoms with Gasteiger partial charge in [0.15, 0.2) is 15.7 Å². The molecule has 3 N–H and O–H groups in total. The number of benzene rings is 1. The molecule has 0 aliphatic rings. The molecule has 138 valence electrons. The fourth-order valence-electron chi connectivity index (χ4n) is 2.81. The number of nitrogens with zero attached hydrogens (tertiary/aromatic N) is 2. The summed E-state index contributed by atoms with van der Waals surface area (Å²) in [5.41, 5.74) is 3.26. The minimum atomic E-state index is -3.10. The zero-order chi connectivity index (χ0) is 18.7. The van der Waals surface area contributed by atoms with Crippen molar-refractivity contribution in [2.75, 3.05) is 18.2 Å². The number of H-pyrrole nitrogens is 1. The first-order valence-electron chi connectivity index (χ1n) is 8.44. The van der Waals surface area contributed by atoms with Crippen LogP contribution in [0.25, 0.3) is 16.9 Å². The maximum atomic E-state index is 11.6. The van der Waals surface area contributed by atoms with Crippen LogP contribution in [0.5, 0.6) is 0 Å². The smallest absolute Gasteiger partial charge is 0.305 e. The van der Waals surface area contributed by atoms with Crippen molar-refractivity contribution in [2.45, 2.75) is 25.1 Å². The predicted octanol–water partition coefficient (Wildman–Crippen LogP) is 1.54. The van der Waals surface area contributed by atoms with E-state index in [0.29, 0.717) is 5.82 Å². The van der Waals surface area contributed by atoms with Gasteiger partial charge < -0.3 is 10.4 Å². The Kier molecular flexibility index (Phi) is 5.24. The van der Waals surface area contributed by atoms with Crippen molar-refractivity contribution in [1.82, 2.24) is 9.61 Å². The summed E-state index contributed by atoms with van der Waals surface area (Å²) in [6, 6.07) is 11.1. The number of anilines is 1. The van der Waals surface area contributed by atoms with E-state index in [1.54, 1.807) is 10.6 Å². The fraction of sp³-hybridized carbons (Fsp3) is 0.333. The van der Waals surface area contributed by atoms with Crippen molar-refractivity contribution in [3.8, 4) is 11.3 Å². The van der Waals surface area contributed by atoms with Crippen molar-refractivity contribution in [1.29, 1.82) is 0 Å².